The fourth-order valence-corrected chi connectivity index (χ4v) is 2.45. The van der Waals surface area contributed by atoms with Crippen molar-refractivity contribution in [1.29, 1.82) is 0 Å². The summed E-state index contributed by atoms with van der Waals surface area (Å²) >= 11 is 0. The zero-order valence-corrected chi connectivity index (χ0v) is 11.0. The highest BCUT2D eigenvalue weighted by Crippen LogP contribution is 2.36. The van der Waals surface area contributed by atoms with E-state index < -0.39 is 5.97 Å². The Bertz CT molecular complexity index is 801. The van der Waals surface area contributed by atoms with Gasteiger partial charge in [-0.25, -0.2) is 4.79 Å². The van der Waals surface area contributed by atoms with Crippen molar-refractivity contribution in [2.45, 2.75) is 6.92 Å². The van der Waals surface area contributed by atoms with Crippen LogP contribution in [0.1, 0.15) is 16.1 Å². The first-order valence-corrected chi connectivity index (χ1v) is 6.05. The topological polar surface area (TPSA) is 91.0 Å². The van der Waals surface area contributed by atoms with Crippen LogP contribution in [-0.2, 0) is 0 Å². The monoisotopic (exact) mass is 271 g/mol. The molecule has 0 radical (unpaired) electrons. The number of aryl methyl sites for hydroxylation is 1. The number of aromatic amines is 2. The summed E-state index contributed by atoms with van der Waals surface area (Å²) < 4.78 is 5.32. The summed E-state index contributed by atoms with van der Waals surface area (Å²) in [5, 5.41) is 16.7. The first-order valence-electron chi connectivity index (χ1n) is 6.05. The molecule has 3 N–H and O–H groups in total. The molecule has 0 saturated carbocycles. The van der Waals surface area contributed by atoms with Gasteiger partial charge in [-0.15, -0.1) is 0 Å². The lowest BCUT2D eigenvalue weighted by Crippen LogP contribution is -1.97. The van der Waals surface area contributed by atoms with E-state index in [0.29, 0.717) is 11.4 Å². The average Bonchev–Trinajstić information content (AvgIpc) is 3.00. The van der Waals surface area contributed by atoms with Gasteiger partial charge in [0.05, 0.1) is 24.5 Å². The van der Waals surface area contributed by atoms with Crippen molar-refractivity contribution in [3.8, 4) is 17.0 Å². The first kappa shape index (κ1) is 12.3. The van der Waals surface area contributed by atoms with Gasteiger partial charge in [0.2, 0.25) is 0 Å². The van der Waals surface area contributed by atoms with E-state index in [1.54, 1.807) is 7.11 Å². The summed E-state index contributed by atoms with van der Waals surface area (Å²) in [6, 6.07) is 5.64. The van der Waals surface area contributed by atoms with E-state index in [-0.39, 0.29) is 5.56 Å². The Morgan fingerprint density at radius 2 is 2.20 bits per heavy atom. The summed E-state index contributed by atoms with van der Waals surface area (Å²) in [4.78, 5) is 14.5. The predicted molar refractivity (Wildman–Crippen MR) is 74.1 cm³/mol. The van der Waals surface area contributed by atoms with Crippen LogP contribution in [0.3, 0.4) is 0 Å². The van der Waals surface area contributed by atoms with Gasteiger partial charge < -0.3 is 14.8 Å². The molecule has 2 aromatic heterocycles. The number of carbonyl (C=O) groups is 1. The largest absolute Gasteiger partial charge is 0.495 e. The zero-order chi connectivity index (χ0) is 14.3. The number of carboxylic acid groups (broad SMARTS) is 1. The Morgan fingerprint density at radius 3 is 2.90 bits per heavy atom. The fourth-order valence-electron chi connectivity index (χ4n) is 2.45. The van der Waals surface area contributed by atoms with Gasteiger partial charge >= 0.3 is 5.97 Å². The van der Waals surface area contributed by atoms with E-state index in [0.717, 1.165) is 22.2 Å². The van der Waals surface area contributed by atoms with Crippen LogP contribution in [-0.4, -0.2) is 33.4 Å². The molecule has 0 fully saturated rings. The normalized spacial score (nSPS) is 10.9. The predicted octanol–water partition coefficient (Wildman–Crippen LogP) is 2.57. The Morgan fingerprint density at radius 1 is 1.40 bits per heavy atom. The molecule has 0 aliphatic rings. The number of hydrogen-bond donors (Lipinski definition) is 3. The molecular formula is C14H13N3O3. The standard InChI is InChI=1S/C14H13N3O3/c1-7-11(13-9(14(18)19)6-15-17-13)8-4-3-5-10(20-2)12(8)16-7/h3-6,16H,1-2H3,(H,15,17)(H,18,19). The number of methoxy groups -OCH3 is 1. The van der Waals surface area contributed by atoms with E-state index in [1.165, 1.54) is 6.20 Å². The van der Waals surface area contributed by atoms with Crippen molar-refractivity contribution in [1.82, 2.24) is 15.2 Å². The SMILES string of the molecule is COc1cccc2c(-c3[nH]ncc3C(=O)O)c(C)[nH]c12. The number of aromatic nitrogens is 3. The number of aromatic carboxylic acids is 1. The molecule has 0 saturated heterocycles. The highest BCUT2D eigenvalue weighted by Gasteiger charge is 2.20. The quantitative estimate of drug-likeness (QED) is 0.682. The number of hydrogen-bond acceptors (Lipinski definition) is 3. The third kappa shape index (κ3) is 1.65. The highest BCUT2D eigenvalue weighted by molar-refractivity contribution is 6.04. The Labute approximate surface area is 114 Å². The lowest BCUT2D eigenvalue weighted by atomic mass is 10.0. The molecule has 20 heavy (non-hydrogen) atoms. The van der Waals surface area contributed by atoms with Crippen LogP contribution >= 0.6 is 0 Å². The average molecular weight is 271 g/mol. The fraction of sp³-hybridized carbons (Fsp3) is 0.143. The van der Waals surface area contributed by atoms with Gasteiger partial charge in [0.15, 0.2) is 0 Å². The third-order valence-corrected chi connectivity index (χ3v) is 3.32. The Kier molecular flexibility index (Phi) is 2.71. The smallest absolute Gasteiger partial charge is 0.339 e. The Balaban J connectivity index is 2.34. The number of fused-ring (bicyclic) bond motifs is 1. The lowest BCUT2D eigenvalue weighted by molar-refractivity contribution is 0.0698. The minimum atomic E-state index is -1.01. The van der Waals surface area contributed by atoms with E-state index >= 15 is 0 Å². The van der Waals surface area contributed by atoms with Crippen LogP contribution in [0, 0.1) is 6.92 Å². The van der Waals surface area contributed by atoms with Gasteiger partial charge in [-0.05, 0) is 13.0 Å². The van der Waals surface area contributed by atoms with Crippen molar-refractivity contribution in [3.63, 3.8) is 0 Å². The summed E-state index contributed by atoms with van der Waals surface area (Å²) in [5.41, 5.74) is 3.14. The molecule has 0 aliphatic carbocycles. The number of benzene rings is 1. The van der Waals surface area contributed by atoms with Crippen LogP contribution in [0.15, 0.2) is 24.4 Å². The van der Waals surface area contributed by atoms with Crippen LogP contribution in [0.2, 0.25) is 0 Å². The van der Waals surface area contributed by atoms with E-state index in [4.69, 9.17) is 4.74 Å². The van der Waals surface area contributed by atoms with E-state index in [9.17, 15) is 9.90 Å². The van der Waals surface area contributed by atoms with Crippen molar-refractivity contribution in [2.75, 3.05) is 7.11 Å². The second kappa shape index (κ2) is 4.41. The minimum absolute atomic E-state index is 0.150. The van der Waals surface area contributed by atoms with Crippen molar-refractivity contribution < 1.29 is 14.6 Å². The van der Waals surface area contributed by atoms with E-state index in [2.05, 4.69) is 15.2 Å². The summed E-state index contributed by atoms with van der Waals surface area (Å²) in [6.07, 6.45) is 1.32. The second-order valence-electron chi connectivity index (χ2n) is 4.47. The molecule has 102 valence electrons. The van der Waals surface area contributed by atoms with Gasteiger partial charge in [0, 0.05) is 16.6 Å². The number of carboxylic acids is 1. The van der Waals surface area contributed by atoms with Crippen molar-refractivity contribution in [2.24, 2.45) is 0 Å². The van der Waals surface area contributed by atoms with Crippen LogP contribution in [0.5, 0.6) is 5.75 Å². The maximum Gasteiger partial charge on any atom is 0.339 e. The summed E-state index contributed by atoms with van der Waals surface area (Å²) in [5.74, 6) is -0.293. The maximum absolute atomic E-state index is 11.3. The molecule has 0 atom stereocenters. The molecule has 0 bridgehead atoms. The minimum Gasteiger partial charge on any atom is -0.495 e. The molecule has 0 aliphatic heterocycles. The molecule has 0 spiro atoms. The molecule has 3 aromatic rings. The molecule has 0 unspecified atom stereocenters. The van der Waals surface area contributed by atoms with Gasteiger partial charge in [-0.3, -0.25) is 5.10 Å². The molecule has 6 nitrogen and oxygen atoms in total. The number of ether oxygens (including phenoxy) is 1. The van der Waals surface area contributed by atoms with Crippen LogP contribution in [0.4, 0.5) is 0 Å². The summed E-state index contributed by atoms with van der Waals surface area (Å²) in [6.45, 7) is 1.89. The molecule has 3 rings (SSSR count). The van der Waals surface area contributed by atoms with Crippen molar-refractivity contribution in [3.05, 3.63) is 35.7 Å². The maximum atomic E-state index is 11.3. The lowest BCUT2D eigenvalue weighted by Gasteiger charge is -2.02. The summed E-state index contributed by atoms with van der Waals surface area (Å²) in [7, 11) is 1.60. The highest BCUT2D eigenvalue weighted by atomic mass is 16.5. The number of rotatable bonds is 3. The molecular weight excluding hydrogens is 258 g/mol. The molecule has 6 heteroatoms. The van der Waals surface area contributed by atoms with Gasteiger partial charge in [0.1, 0.15) is 11.3 Å². The molecule has 1 aromatic carbocycles. The zero-order valence-electron chi connectivity index (χ0n) is 11.0. The molecule has 0 amide bonds. The number of H-pyrrole nitrogens is 2. The van der Waals surface area contributed by atoms with Crippen LogP contribution in [0.25, 0.3) is 22.2 Å². The number of para-hydroxylation sites is 1. The third-order valence-electron chi connectivity index (χ3n) is 3.32. The molecule has 2 heterocycles. The van der Waals surface area contributed by atoms with Gasteiger partial charge in [-0.1, -0.05) is 12.1 Å². The van der Waals surface area contributed by atoms with E-state index in [1.807, 2.05) is 25.1 Å². The second-order valence-corrected chi connectivity index (χ2v) is 4.47. The van der Waals surface area contributed by atoms with Gasteiger partial charge in [0.25, 0.3) is 0 Å². The van der Waals surface area contributed by atoms with Crippen LogP contribution < -0.4 is 4.74 Å². The number of nitrogens with one attached hydrogen (secondary N) is 2. The Hall–Kier alpha value is -2.76. The first-order chi connectivity index (χ1) is 9.63. The van der Waals surface area contributed by atoms with Crippen molar-refractivity contribution >= 4 is 16.9 Å². The van der Waals surface area contributed by atoms with Gasteiger partial charge in [-0.2, -0.15) is 5.10 Å². The number of nitrogens with zero attached hydrogens (tertiary/aromatic N) is 1.